The Hall–Kier alpha value is -0.980. The molecule has 0 aromatic heterocycles. The van der Waals surface area contributed by atoms with Gasteiger partial charge in [0.2, 0.25) is 0 Å². The lowest BCUT2D eigenvalue weighted by Crippen LogP contribution is -2.25. The molecule has 0 saturated carbocycles. The molecule has 0 spiro atoms. The fourth-order valence-electron chi connectivity index (χ4n) is 5.41. The van der Waals surface area contributed by atoms with Crippen molar-refractivity contribution >= 4 is 5.69 Å². The first-order valence-corrected chi connectivity index (χ1v) is 16.6. The molecular weight excluding hydrogens is 434 g/mol. The average Bonchev–Trinajstić information content (AvgIpc) is 2.89. The van der Waals surface area contributed by atoms with Gasteiger partial charge in [0.25, 0.3) is 0 Å². The largest absolute Gasteiger partial charge is 0.372 e. The Labute approximate surface area is 228 Å². The smallest absolute Gasteiger partial charge is 0.0366 e. The van der Waals surface area contributed by atoms with Crippen molar-refractivity contribution in [3.8, 4) is 0 Å². The van der Waals surface area contributed by atoms with E-state index in [1.54, 1.807) is 0 Å². The number of hydrogen-bond acceptors (Lipinski definition) is 1. The minimum absolute atomic E-state index is 1.23. The van der Waals surface area contributed by atoms with Gasteiger partial charge in [-0.05, 0) is 31.9 Å². The maximum absolute atomic E-state index is 2.67. The fraction of sp³-hybridized carbons (Fsp3) is 0.829. The Morgan fingerprint density at radius 1 is 0.389 bits per heavy atom. The summed E-state index contributed by atoms with van der Waals surface area (Å²) in [4.78, 5) is 2.67. The number of nitrogens with zero attached hydrogens (tertiary/aromatic N) is 1. The van der Waals surface area contributed by atoms with Crippen molar-refractivity contribution in [2.75, 3.05) is 18.0 Å². The van der Waals surface area contributed by atoms with Gasteiger partial charge < -0.3 is 4.90 Å². The predicted molar refractivity (Wildman–Crippen MR) is 166 cm³/mol. The van der Waals surface area contributed by atoms with E-state index in [0.717, 1.165) is 0 Å². The van der Waals surface area contributed by atoms with E-state index in [1.807, 2.05) is 0 Å². The molecule has 0 heterocycles. The van der Waals surface area contributed by atoms with Crippen LogP contribution in [0.15, 0.2) is 24.3 Å². The molecule has 1 rings (SSSR count). The molecule has 210 valence electrons. The molecule has 0 unspecified atom stereocenters. The van der Waals surface area contributed by atoms with Crippen molar-refractivity contribution in [3.05, 3.63) is 29.8 Å². The summed E-state index contributed by atoms with van der Waals surface area (Å²) in [6, 6.07) is 9.26. The van der Waals surface area contributed by atoms with Gasteiger partial charge in [-0.2, -0.15) is 0 Å². The van der Waals surface area contributed by atoms with Crippen molar-refractivity contribution in [2.45, 2.75) is 175 Å². The Balaban J connectivity index is 2.10. The van der Waals surface area contributed by atoms with Gasteiger partial charge in [0.15, 0.2) is 0 Å². The quantitative estimate of drug-likeness (QED) is 0.109. The molecule has 1 heteroatoms. The summed E-state index contributed by atoms with van der Waals surface area (Å²) < 4.78 is 0. The van der Waals surface area contributed by atoms with Crippen LogP contribution in [0.3, 0.4) is 0 Å². The van der Waals surface area contributed by atoms with E-state index in [2.05, 4.69) is 49.9 Å². The monoisotopic (exact) mass is 500 g/mol. The van der Waals surface area contributed by atoms with Crippen molar-refractivity contribution in [2.24, 2.45) is 0 Å². The predicted octanol–water partition coefficient (Wildman–Crippen LogP) is 12.2. The molecule has 1 aromatic rings. The SMILES string of the molecule is CCCCCCCCCCCCCCN(CCCCCCCCCCCCCC)c1ccc(C)cc1. The normalized spacial score (nSPS) is 11.3. The molecule has 0 N–H and O–H groups in total. The third-order valence-electron chi connectivity index (χ3n) is 7.96. The molecule has 36 heavy (non-hydrogen) atoms. The van der Waals surface area contributed by atoms with Crippen LogP contribution in [0.1, 0.15) is 174 Å². The standard InChI is InChI=1S/C35H65N/c1-4-6-8-10-12-14-16-18-20-22-24-26-32-36(35-30-28-34(3)29-31-35)33-27-25-23-21-19-17-15-13-11-9-7-5-2/h28-31H,4-27,32-33H2,1-3H3. The summed E-state index contributed by atoms with van der Waals surface area (Å²) in [6.45, 7) is 9.28. The molecule has 0 fully saturated rings. The zero-order chi connectivity index (χ0) is 25.9. The molecule has 0 atom stereocenters. The van der Waals surface area contributed by atoms with Gasteiger partial charge in [-0.15, -0.1) is 0 Å². The van der Waals surface area contributed by atoms with Crippen LogP contribution in [0.4, 0.5) is 5.69 Å². The highest BCUT2D eigenvalue weighted by Crippen LogP contribution is 2.19. The number of aryl methyl sites for hydroxylation is 1. The Morgan fingerprint density at radius 3 is 0.972 bits per heavy atom. The Morgan fingerprint density at radius 2 is 0.667 bits per heavy atom. The topological polar surface area (TPSA) is 3.24 Å². The molecule has 0 radical (unpaired) electrons. The van der Waals surface area contributed by atoms with E-state index in [4.69, 9.17) is 0 Å². The highest BCUT2D eigenvalue weighted by molar-refractivity contribution is 5.47. The van der Waals surface area contributed by atoms with Crippen LogP contribution in [0.2, 0.25) is 0 Å². The molecule has 0 aliphatic carbocycles. The van der Waals surface area contributed by atoms with Gasteiger partial charge in [-0.3, -0.25) is 0 Å². The van der Waals surface area contributed by atoms with Crippen LogP contribution in [-0.4, -0.2) is 13.1 Å². The van der Waals surface area contributed by atoms with E-state index in [0.29, 0.717) is 0 Å². The van der Waals surface area contributed by atoms with Gasteiger partial charge in [0, 0.05) is 18.8 Å². The van der Waals surface area contributed by atoms with Crippen molar-refractivity contribution < 1.29 is 0 Å². The van der Waals surface area contributed by atoms with Crippen LogP contribution < -0.4 is 4.90 Å². The zero-order valence-corrected chi connectivity index (χ0v) is 25.1. The number of hydrogen-bond donors (Lipinski definition) is 0. The summed E-state index contributed by atoms with van der Waals surface area (Å²) >= 11 is 0. The maximum Gasteiger partial charge on any atom is 0.0366 e. The number of benzene rings is 1. The van der Waals surface area contributed by atoms with Gasteiger partial charge in [0.1, 0.15) is 0 Å². The molecule has 0 saturated heterocycles. The Kier molecular flexibility index (Phi) is 23.6. The summed E-state index contributed by atoms with van der Waals surface area (Å²) in [5, 5.41) is 0. The lowest BCUT2D eigenvalue weighted by atomic mass is 10.0. The highest BCUT2D eigenvalue weighted by atomic mass is 15.1. The lowest BCUT2D eigenvalue weighted by Gasteiger charge is -2.25. The van der Waals surface area contributed by atoms with Crippen molar-refractivity contribution in [3.63, 3.8) is 0 Å². The molecule has 0 amide bonds. The van der Waals surface area contributed by atoms with E-state index in [1.165, 1.54) is 178 Å². The van der Waals surface area contributed by atoms with Crippen LogP contribution in [0, 0.1) is 6.92 Å². The van der Waals surface area contributed by atoms with Crippen LogP contribution in [-0.2, 0) is 0 Å². The first-order chi connectivity index (χ1) is 17.8. The second kappa shape index (κ2) is 25.7. The second-order valence-electron chi connectivity index (χ2n) is 11.6. The third-order valence-corrected chi connectivity index (χ3v) is 7.96. The maximum atomic E-state index is 2.67. The van der Waals surface area contributed by atoms with Gasteiger partial charge in [0.05, 0.1) is 0 Å². The minimum atomic E-state index is 1.23. The molecule has 0 bridgehead atoms. The summed E-state index contributed by atoms with van der Waals surface area (Å²) in [5.74, 6) is 0. The Bertz CT molecular complexity index is 520. The van der Waals surface area contributed by atoms with Crippen molar-refractivity contribution in [1.29, 1.82) is 0 Å². The average molecular weight is 500 g/mol. The molecule has 0 aliphatic rings. The number of unbranched alkanes of at least 4 members (excludes halogenated alkanes) is 22. The van der Waals surface area contributed by atoms with Gasteiger partial charge in [-0.25, -0.2) is 0 Å². The first-order valence-electron chi connectivity index (χ1n) is 16.6. The van der Waals surface area contributed by atoms with Gasteiger partial charge >= 0.3 is 0 Å². The summed E-state index contributed by atoms with van der Waals surface area (Å²) in [7, 11) is 0. The van der Waals surface area contributed by atoms with Crippen LogP contribution >= 0.6 is 0 Å². The van der Waals surface area contributed by atoms with Crippen LogP contribution in [0.5, 0.6) is 0 Å². The summed E-state index contributed by atoms with van der Waals surface area (Å²) in [6.07, 6.45) is 34.3. The number of rotatable bonds is 27. The van der Waals surface area contributed by atoms with E-state index >= 15 is 0 Å². The third kappa shape index (κ3) is 20.1. The minimum Gasteiger partial charge on any atom is -0.372 e. The second-order valence-corrected chi connectivity index (χ2v) is 11.6. The van der Waals surface area contributed by atoms with Gasteiger partial charge in [-0.1, -0.05) is 173 Å². The molecule has 1 aromatic carbocycles. The highest BCUT2D eigenvalue weighted by Gasteiger charge is 2.06. The van der Waals surface area contributed by atoms with E-state index < -0.39 is 0 Å². The first kappa shape index (κ1) is 33.0. The van der Waals surface area contributed by atoms with E-state index in [-0.39, 0.29) is 0 Å². The fourth-order valence-corrected chi connectivity index (χ4v) is 5.41. The zero-order valence-electron chi connectivity index (χ0n) is 25.1. The molecule has 0 aliphatic heterocycles. The molecule has 1 nitrogen and oxygen atoms in total. The molecular formula is C35H65N. The van der Waals surface area contributed by atoms with Crippen LogP contribution in [0.25, 0.3) is 0 Å². The van der Waals surface area contributed by atoms with E-state index in [9.17, 15) is 0 Å². The number of anilines is 1. The lowest BCUT2D eigenvalue weighted by molar-refractivity contribution is 0.535. The van der Waals surface area contributed by atoms with Crippen molar-refractivity contribution in [1.82, 2.24) is 0 Å². The summed E-state index contributed by atoms with van der Waals surface area (Å²) in [5.41, 5.74) is 2.81.